The molecule has 1 amide bonds. The number of amides is 1. The minimum atomic E-state index is -3.63. The van der Waals surface area contributed by atoms with Gasteiger partial charge >= 0.3 is 0 Å². The van der Waals surface area contributed by atoms with Crippen molar-refractivity contribution in [2.24, 2.45) is 0 Å². The number of nitro groups is 1. The van der Waals surface area contributed by atoms with E-state index in [9.17, 15) is 23.3 Å². The van der Waals surface area contributed by atoms with Crippen LogP contribution in [0.5, 0.6) is 0 Å². The molecule has 0 atom stereocenters. The van der Waals surface area contributed by atoms with Gasteiger partial charge in [0.1, 0.15) is 0 Å². The highest BCUT2D eigenvalue weighted by Gasteiger charge is 2.13. The van der Waals surface area contributed by atoms with Crippen molar-refractivity contribution in [3.63, 3.8) is 0 Å². The van der Waals surface area contributed by atoms with Gasteiger partial charge in [-0.3, -0.25) is 14.9 Å². The Hall–Kier alpha value is -3.24. The van der Waals surface area contributed by atoms with E-state index >= 15 is 0 Å². The predicted molar refractivity (Wildman–Crippen MR) is 106 cm³/mol. The van der Waals surface area contributed by atoms with Crippen LogP contribution in [0.2, 0.25) is 0 Å². The van der Waals surface area contributed by atoms with Crippen LogP contribution in [0.1, 0.15) is 10.4 Å². The summed E-state index contributed by atoms with van der Waals surface area (Å²) in [5.74, 6) is -0.339. The van der Waals surface area contributed by atoms with Gasteiger partial charge in [0.2, 0.25) is 10.0 Å². The topological polar surface area (TPSA) is 130 Å². The number of rotatable bonds is 10. The van der Waals surface area contributed by atoms with Crippen molar-refractivity contribution in [3.05, 3.63) is 76.9 Å². The molecule has 2 aromatic carbocycles. The molecule has 10 heteroatoms. The van der Waals surface area contributed by atoms with Crippen LogP contribution < -0.4 is 15.4 Å². The van der Waals surface area contributed by atoms with Gasteiger partial charge in [-0.1, -0.05) is 6.08 Å². The highest BCUT2D eigenvalue weighted by molar-refractivity contribution is 7.89. The normalized spacial score (nSPS) is 10.9. The summed E-state index contributed by atoms with van der Waals surface area (Å²) < 4.78 is 26.3. The summed E-state index contributed by atoms with van der Waals surface area (Å²) in [5.41, 5.74) is 1.03. The van der Waals surface area contributed by atoms with E-state index in [1.165, 1.54) is 42.5 Å². The minimum absolute atomic E-state index is 0.00371. The molecule has 0 aliphatic heterocycles. The number of sulfonamides is 1. The van der Waals surface area contributed by atoms with E-state index in [1.807, 2.05) is 0 Å². The van der Waals surface area contributed by atoms with E-state index in [0.29, 0.717) is 24.3 Å². The molecule has 2 aromatic rings. The largest absolute Gasteiger partial charge is 0.383 e. The molecule has 9 nitrogen and oxygen atoms in total. The number of carbonyl (C=O) groups is 1. The number of benzene rings is 2. The van der Waals surface area contributed by atoms with Gasteiger partial charge in [-0.2, -0.15) is 0 Å². The molecule has 0 heterocycles. The number of nitrogens with zero attached hydrogens (tertiary/aromatic N) is 1. The van der Waals surface area contributed by atoms with Gasteiger partial charge in [-0.25, -0.2) is 13.1 Å². The molecule has 0 unspecified atom stereocenters. The van der Waals surface area contributed by atoms with E-state index in [1.54, 1.807) is 12.1 Å². The molecular formula is C18H20N4O5S. The summed E-state index contributed by atoms with van der Waals surface area (Å²) in [7, 11) is -3.63. The molecule has 0 aliphatic rings. The van der Waals surface area contributed by atoms with Gasteiger partial charge in [-0.05, 0) is 36.4 Å². The first-order valence-electron chi connectivity index (χ1n) is 8.30. The number of nitrogens with one attached hydrogen (secondary N) is 3. The van der Waals surface area contributed by atoms with Crippen LogP contribution in [-0.2, 0) is 10.0 Å². The van der Waals surface area contributed by atoms with Crippen molar-refractivity contribution >= 4 is 27.3 Å². The van der Waals surface area contributed by atoms with Gasteiger partial charge in [0, 0.05) is 43.0 Å². The third kappa shape index (κ3) is 5.89. The fraction of sp³-hybridized carbons (Fsp3) is 0.167. The maximum absolute atomic E-state index is 12.1. The van der Waals surface area contributed by atoms with Gasteiger partial charge in [0.05, 0.1) is 9.82 Å². The molecule has 0 radical (unpaired) electrons. The van der Waals surface area contributed by atoms with Crippen LogP contribution in [-0.4, -0.2) is 38.9 Å². The third-order valence-electron chi connectivity index (χ3n) is 3.66. The second-order valence-corrected chi connectivity index (χ2v) is 7.42. The average molecular weight is 404 g/mol. The summed E-state index contributed by atoms with van der Waals surface area (Å²) in [6.45, 7) is 4.30. The predicted octanol–water partition coefficient (Wildman–Crippen LogP) is 1.90. The summed E-state index contributed by atoms with van der Waals surface area (Å²) >= 11 is 0. The van der Waals surface area contributed by atoms with E-state index in [-0.39, 0.29) is 23.0 Å². The van der Waals surface area contributed by atoms with Crippen molar-refractivity contribution in [2.45, 2.75) is 4.90 Å². The Balaban J connectivity index is 1.83. The zero-order valence-corrected chi connectivity index (χ0v) is 15.7. The maximum Gasteiger partial charge on any atom is 0.269 e. The van der Waals surface area contributed by atoms with Crippen LogP contribution in [0.3, 0.4) is 0 Å². The zero-order chi connectivity index (χ0) is 20.6. The lowest BCUT2D eigenvalue weighted by Crippen LogP contribution is -2.29. The lowest BCUT2D eigenvalue weighted by atomic mass is 10.2. The Kier molecular flexibility index (Phi) is 7.24. The Morgan fingerprint density at radius 1 is 1.07 bits per heavy atom. The summed E-state index contributed by atoms with van der Waals surface area (Å²) in [4.78, 5) is 22.3. The van der Waals surface area contributed by atoms with Crippen LogP contribution in [0, 0.1) is 10.1 Å². The monoisotopic (exact) mass is 404 g/mol. The molecule has 0 bridgehead atoms. The van der Waals surface area contributed by atoms with Crippen LogP contribution in [0.25, 0.3) is 0 Å². The summed E-state index contributed by atoms with van der Waals surface area (Å²) in [6, 6.07) is 11.5. The Bertz CT molecular complexity index is 941. The van der Waals surface area contributed by atoms with Gasteiger partial charge in [-0.15, -0.1) is 6.58 Å². The number of anilines is 1. The lowest BCUT2D eigenvalue weighted by Gasteiger charge is -2.09. The fourth-order valence-corrected chi connectivity index (χ4v) is 3.22. The number of hydrogen-bond donors (Lipinski definition) is 3. The maximum atomic E-state index is 12.1. The lowest BCUT2D eigenvalue weighted by molar-refractivity contribution is -0.384. The molecule has 0 spiro atoms. The smallest absolute Gasteiger partial charge is 0.269 e. The molecular weight excluding hydrogens is 384 g/mol. The Labute approximate surface area is 162 Å². The van der Waals surface area contributed by atoms with Crippen LogP contribution in [0.4, 0.5) is 11.4 Å². The first-order valence-corrected chi connectivity index (χ1v) is 9.79. The molecule has 28 heavy (non-hydrogen) atoms. The zero-order valence-electron chi connectivity index (χ0n) is 14.9. The SMILES string of the molecule is C=CCNS(=O)(=O)c1ccc(C(=O)NCCNc2ccc([N+](=O)[O-])cc2)cc1. The Morgan fingerprint density at radius 2 is 1.71 bits per heavy atom. The van der Waals surface area contributed by atoms with Crippen molar-refractivity contribution in [1.82, 2.24) is 10.0 Å². The van der Waals surface area contributed by atoms with Crippen LogP contribution >= 0.6 is 0 Å². The third-order valence-corrected chi connectivity index (χ3v) is 5.10. The highest BCUT2D eigenvalue weighted by atomic mass is 32.2. The van der Waals surface area contributed by atoms with E-state index in [2.05, 4.69) is 21.9 Å². The van der Waals surface area contributed by atoms with Crippen LogP contribution in [0.15, 0.2) is 66.1 Å². The van der Waals surface area contributed by atoms with Crippen molar-refractivity contribution in [3.8, 4) is 0 Å². The van der Waals surface area contributed by atoms with Gasteiger partial charge in [0.25, 0.3) is 11.6 Å². The standard InChI is InChI=1S/C18H20N4O5S/c1-2-11-21-28(26,27)17-9-3-14(4-10-17)18(23)20-13-12-19-15-5-7-16(8-6-15)22(24)25/h2-10,19,21H,1,11-13H2,(H,20,23). The molecule has 0 aromatic heterocycles. The molecule has 0 saturated carbocycles. The number of carbonyl (C=O) groups excluding carboxylic acids is 1. The van der Waals surface area contributed by atoms with Gasteiger partial charge in [0.15, 0.2) is 0 Å². The first kappa shape index (κ1) is 21.1. The number of hydrogen-bond acceptors (Lipinski definition) is 6. The van der Waals surface area contributed by atoms with Crippen molar-refractivity contribution < 1.29 is 18.1 Å². The minimum Gasteiger partial charge on any atom is -0.383 e. The summed E-state index contributed by atoms with van der Waals surface area (Å²) in [6.07, 6.45) is 1.43. The van der Waals surface area contributed by atoms with E-state index in [0.717, 1.165) is 0 Å². The second-order valence-electron chi connectivity index (χ2n) is 5.65. The Morgan fingerprint density at radius 3 is 2.29 bits per heavy atom. The highest BCUT2D eigenvalue weighted by Crippen LogP contribution is 2.15. The average Bonchev–Trinajstić information content (AvgIpc) is 2.70. The molecule has 3 N–H and O–H groups in total. The van der Waals surface area contributed by atoms with Crippen molar-refractivity contribution in [1.29, 1.82) is 0 Å². The molecule has 2 rings (SSSR count). The second kappa shape index (κ2) is 9.62. The molecule has 0 aliphatic carbocycles. The number of non-ortho nitro benzene ring substituents is 1. The molecule has 0 saturated heterocycles. The number of nitro benzene ring substituents is 1. The van der Waals surface area contributed by atoms with E-state index in [4.69, 9.17) is 0 Å². The quantitative estimate of drug-likeness (QED) is 0.240. The molecule has 148 valence electrons. The van der Waals surface area contributed by atoms with E-state index < -0.39 is 14.9 Å². The van der Waals surface area contributed by atoms with Crippen molar-refractivity contribution in [2.75, 3.05) is 25.0 Å². The first-order chi connectivity index (χ1) is 13.3. The molecule has 0 fully saturated rings. The van der Waals surface area contributed by atoms with Gasteiger partial charge < -0.3 is 10.6 Å². The summed E-state index contributed by atoms with van der Waals surface area (Å²) in [5, 5.41) is 16.3. The fourth-order valence-electron chi connectivity index (χ4n) is 2.22.